The van der Waals surface area contributed by atoms with Gasteiger partial charge in [0.1, 0.15) is 11.5 Å². The topological polar surface area (TPSA) is 128 Å². The molecule has 1 fully saturated rings. The van der Waals surface area contributed by atoms with Gasteiger partial charge < -0.3 is 20.5 Å². The molecule has 0 saturated heterocycles. The third-order valence-corrected chi connectivity index (χ3v) is 8.09. The molecule has 1 aromatic carbocycles. The van der Waals surface area contributed by atoms with Gasteiger partial charge in [-0.15, -0.1) is 0 Å². The summed E-state index contributed by atoms with van der Waals surface area (Å²) in [6, 6.07) is 12.7. The number of benzene rings is 1. The maximum absolute atomic E-state index is 14.7. The van der Waals surface area contributed by atoms with Crippen molar-refractivity contribution >= 4 is 39.1 Å². The van der Waals surface area contributed by atoms with E-state index >= 15 is 0 Å². The molecule has 0 aliphatic heterocycles. The van der Waals surface area contributed by atoms with Gasteiger partial charge in [0.15, 0.2) is 0 Å². The normalized spacial score (nSPS) is 13.5. The summed E-state index contributed by atoms with van der Waals surface area (Å²) in [6.45, 7) is 1.52. The van der Waals surface area contributed by atoms with E-state index < -0.39 is 0 Å². The van der Waals surface area contributed by atoms with E-state index in [2.05, 4.69) is 45.7 Å². The van der Waals surface area contributed by atoms with E-state index in [1.165, 1.54) is 12.1 Å². The second-order valence-electron chi connectivity index (χ2n) is 11.5. The van der Waals surface area contributed by atoms with Crippen molar-refractivity contribution in [3.05, 3.63) is 73.1 Å². The fraction of sp³-hybridized carbons (Fsp3) is 0.242. The third kappa shape index (κ3) is 5.49. The van der Waals surface area contributed by atoms with Gasteiger partial charge in [-0.05, 0) is 69.4 Å². The lowest BCUT2D eigenvalue weighted by Crippen LogP contribution is -2.28. The minimum Gasteiger partial charge on any atom is -0.384 e. The Morgan fingerprint density at radius 1 is 0.955 bits per heavy atom. The molecule has 11 heteroatoms. The molecular weight excluding hydrogens is 557 g/mol. The van der Waals surface area contributed by atoms with Crippen LogP contribution in [-0.2, 0) is 4.79 Å². The Kier molecular flexibility index (Phi) is 7.23. The molecule has 0 bridgehead atoms. The summed E-state index contributed by atoms with van der Waals surface area (Å²) in [4.78, 5) is 31.6. The molecule has 10 nitrogen and oxygen atoms in total. The number of pyridine rings is 3. The second-order valence-corrected chi connectivity index (χ2v) is 11.5. The first-order valence-electron chi connectivity index (χ1n) is 14.7. The predicted octanol–water partition coefficient (Wildman–Crippen LogP) is 6.08. The van der Waals surface area contributed by atoms with Crippen LogP contribution in [0.1, 0.15) is 19.3 Å². The van der Waals surface area contributed by atoms with E-state index in [9.17, 15) is 9.18 Å². The summed E-state index contributed by atoms with van der Waals surface area (Å²) in [5.41, 5.74) is 7.36. The lowest BCUT2D eigenvalue weighted by molar-refractivity contribution is -0.122. The summed E-state index contributed by atoms with van der Waals surface area (Å²) in [5.74, 6) is -0.205. The van der Waals surface area contributed by atoms with Crippen LogP contribution in [0.15, 0.2) is 67.3 Å². The lowest BCUT2D eigenvalue weighted by Gasteiger charge is -2.24. The van der Waals surface area contributed by atoms with Gasteiger partial charge in [0.25, 0.3) is 0 Å². The SMILES string of the molecule is CN(C)CCNc1cc(F)cc(-c2nccc3[nH]c(-c4n[nH]c5cnc(-c6cncc(NC(=O)C7CCC7)c6)cc45)cc23)c1. The van der Waals surface area contributed by atoms with Gasteiger partial charge in [0, 0.05) is 64.5 Å². The number of fused-ring (bicyclic) bond motifs is 2. The highest BCUT2D eigenvalue weighted by Gasteiger charge is 2.25. The van der Waals surface area contributed by atoms with Crippen molar-refractivity contribution in [2.75, 3.05) is 37.8 Å². The first-order chi connectivity index (χ1) is 21.4. The van der Waals surface area contributed by atoms with Crippen LogP contribution in [-0.4, -0.2) is 68.1 Å². The van der Waals surface area contributed by atoms with Gasteiger partial charge in [-0.25, -0.2) is 4.39 Å². The highest BCUT2D eigenvalue weighted by atomic mass is 19.1. The van der Waals surface area contributed by atoms with Crippen LogP contribution in [0.3, 0.4) is 0 Å². The average Bonchev–Trinajstić information content (AvgIpc) is 3.59. The smallest absolute Gasteiger partial charge is 0.227 e. The highest BCUT2D eigenvalue weighted by Crippen LogP contribution is 2.35. The molecule has 6 aromatic rings. The first-order valence-corrected chi connectivity index (χ1v) is 14.7. The molecule has 222 valence electrons. The van der Waals surface area contributed by atoms with Gasteiger partial charge in [-0.3, -0.25) is 24.8 Å². The number of aromatic amines is 2. The maximum atomic E-state index is 14.7. The van der Waals surface area contributed by atoms with E-state index in [-0.39, 0.29) is 17.6 Å². The van der Waals surface area contributed by atoms with E-state index in [1.807, 2.05) is 44.4 Å². The van der Waals surface area contributed by atoms with Crippen LogP contribution in [0.25, 0.3) is 55.7 Å². The van der Waals surface area contributed by atoms with Gasteiger partial charge >= 0.3 is 0 Å². The number of amides is 1. The first kappa shape index (κ1) is 27.7. The zero-order valence-electron chi connectivity index (χ0n) is 24.5. The number of nitrogens with zero attached hydrogens (tertiary/aromatic N) is 5. The molecule has 5 aromatic heterocycles. The molecular formula is C33H32FN9O. The van der Waals surface area contributed by atoms with Crippen LogP contribution in [0.2, 0.25) is 0 Å². The fourth-order valence-corrected chi connectivity index (χ4v) is 5.51. The largest absolute Gasteiger partial charge is 0.384 e. The van der Waals surface area contributed by atoms with E-state index in [1.54, 1.807) is 24.8 Å². The molecule has 1 saturated carbocycles. The Bertz CT molecular complexity index is 1990. The summed E-state index contributed by atoms with van der Waals surface area (Å²) < 4.78 is 14.7. The molecule has 0 unspecified atom stereocenters. The number of carbonyl (C=O) groups is 1. The number of likely N-dealkylation sites (N-methyl/N-ethyl adjacent to an activating group) is 1. The summed E-state index contributed by atoms with van der Waals surface area (Å²) in [6.07, 6.45) is 9.81. The van der Waals surface area contributed by atoms with E-state index in [0.29, 0.717) is 34.9 Å². The molecule has 0 spiro atoms. The standard InChI is InChI=1S/C33H32FN9O/c1-43(2)9-8-36-23-11-20(10-22(34)13-23)31-25-15-29(40-27(25)6-7-37-31)32-26-14-28(38-18-30(26)41-42-32)21-12-24(17-35-16-21)39-33(44)19-4-3-5-19/h6-7,10-19,36,40H,3-5,8-9H2,1-2H3,(H,39,44)(H,41,42). The Labute approximate surface area is 253 Å². The van der Waals surface area contributed by atoms with Crippen molar-refractivity contribution in [2.45, 2.75) is 19.3 Å². The van der Waals surface area contributed by atoms with Crippen molar-refractivity contribution < 1.29 is 9.18 Å². The van der Waals surface area contributed by atoms with Crippen LogP contribution >= 0.6 is 0 Å². The minimum absolute atomic E-state index is 0.0402. The lowest BCUT2D eigenvalue weighted by atomic mass is 9.85. The number of hydrogen-bond donors (Lipinski definition) is 4. The van der Waals surface area contributed by atoms with Gasteiger partial charge in [0.2, 0.25) is 5.91 Å². The minimum atomic E-state index is -0.330. The number of hydrogen-bond acceptors (Lipinski definition) is 7. The zero-order chi connectivity index (χ0) is 30.2. The average molecular weight is 590 g/mol. The number of H-pyrrole nitrogens is 2. The van der Waals surface area contributed by atoms with Crippen LogP contribution < -0.4 is 10.6 Å². The van der Waals surface area contributed by atoms with Crippen LogP contribution in [0, 0.1) is 11.7 Å². The molecule has 1 amide bonds. The van der Waals surface area contributed by atoms with Crippen molar-refractivity contribution in [3.63, 3.8) is 0 Å². The Balaban J connectivity index is 1.21. The molecule has 4 N–H and O–H groups in total. The van der Waals surface area contributed by atoms with Crippen molar-refractivity contribution in [1.82, 2.24) is 35.0 Å². The third-order valence-electron chi connectivity index (χ3n) is 8.09. The van der Waals surface area contributed by atoms with E-state index in [4.69, 9.17) is 0 Å². The number of carbonyl (C=O) groups excluding carboxylic acids is 1. The quantitative estimate of drug-likeness (QED) is 0.161. The number of rotatable bonds is 9. The molecule has 0 atom stereocenters. The van der Waals surface area contributed by atoms with Crippen LogP contribution in [0.5, 0.6) is 0 Å². The monoisotopic (exact) mass is 589 g/mol. The second kappa shape index (κ2) is 11.5. The van der Waals surface area contributed by atoms with Crippen LogP contribution in [0.4, 0.5) is 15.8 Å². The molecule has 1 aliphatic rings. The van der Waals surface area contributed by atoms with Gasteiger partial charge in [-0.1, -0.05) is 6.42 Å². The Morgan fingerprint density at radius 2 is 1.80 bits per heavy atom. The Hall–Kier alpha value is -5.16. The predicted molar refractivity (Wildman–Crippen MR) is 171 cm³/mol. The maximum Gasteiger partial charge on any atom is 0.227 e. The van der Waals surface area contributed by atoms with Crippen molar-refractivity contribution in [3.8, 4) is 33.9 Å². The number of nitrogens with one attached hydrogen (secondary N) is 4. The molecule has 0 radical (unpaired) electrons. The van der Waals surface area contributed by atoms with Crippen molar-refractivity contribution in [2.24, 2.45) is 5.92 Å². The summed E-state index contributed by atoms with van der Waals surface area (Å²) in [7, 11) is 4.00. The highest BCUT2D eigenvalue weighted by molar-refractivity contribution is 6.00. The molecule has 1 aliphatic carbocycles. The Morgan fingerprint density at radius 3 is 2.61 bits per heavy atom. The summed E-state index contributed by atoms with van der Waals surface area (Å²) >= 11 is 0. The number of halogens is 1. The molecule has 44 heavy (non-hydrogen) atoms. The number of anilines is 2. The van der Waals surface area contributed by atoms with E-state index in [0.717, 1.165) is 64.6 Å². The van der Waals surface area contributed by atoms with Gasteiger partial charge in [0.05, 0.1) is 40.7 Å². The molecule has 5 heterocycles. The van der Waals surface area contributed by atoms with Crippen molar-refractivity contribution in [1.29, 1.82) is 0 Å². The van der Waals surface area contributed by atoms with Gasteiger partial charge in [-0.2, -0.15) is 5.10 Å². The zero-order valence-corrected chi connectivity index (χ0v) is 24.5. The number of aromatic nitrogens is 6. The fourth-order valence-electron chi connectivity index (χ4n) is 5.51. The molecule has 7 rings (SSSR count). The summed E-state index contributed by atoms with van der Waals surface area (Å²) in [5, 5.41) is 15.7.